The summed E-state index contributed by atoms with van der Waals surface area (Å²) in [6.45, 7) is 23.2. The third-order valence-electron chi connectivity index (χ3n) is 8.71. The van der Waals surface area contributed by atoms with Gasteiger partial charge in [-0.15, -0.1) is 0 Å². The lowest BCUT2D eigenvalue weighted by Gasteiger charge is -2.33. The molecule has 0 atom stereocenters. The molecule has 0 radical (unpaired) electrons. The van der Waals surface area contributed by atoms with E-state index in [1.807, 2.05) is 0 Å². The molecule has 0 aliphatic rings. The highest BCUT2D eigenvalue weighted by Gasteiger charge is 2.30. The van der Waals surface area contributed by atoms with Crippen molar-refractivity contribution in [2.45, 2.75) is 92.9 Å². The number of hydrogen-bond acceptors (Lipinski definition) is 0. The fourth-order valence-corrected chi connectivity index (χ4v) is 6.60. The Hall–Kier alpha value is -3.38. The Labute approximate surface area is 242 Å². The number of hydrogen-bond donors (Lipinski definition) is 0. The van der Waals surface area contributed by atoms with Crippen molar-refractivity contribution in [1.29, 1.82) is 0 Å². The SMILES string of the molecule is Cc1ccc(C)c(Cc2c3ccccc3c(Cc3cc(C)ccc3C)c3c(C(C)(C)C)c(C(C)(C)C)ccc23)c1. The van der Waals surface area contributed by atoms with Crippen molar-refractivity contribution in [2.24, 2.45) is 0 Å². The minimum Gasteiger partial charge on any atom is -0.0616 e. The van der Waals surface area contributed by atoms with Crippen LogP contribution in [0.2, 0.25) is 0 Å². The van der Waals surface area contributed by atoms with Gasteiger partial charge in [0, 0.05) is 0 Å². The van der Waals surface area contributed by atoms with Crippen LogP contribution in [-0.4, -0.2) is 0 Å². The van der Waals surface area contributed by atoms with Crippen molar-refractivity contribution in [1.82, 2.24) is 0 Å². The van der Waals surface area contributed by atoms with Crippen LogP contribution in [0.1, 0.15) is 97.2 Å². The number of benzene rings is 5. The van der Waals surface area contributed by atoms with E-state index in [1.54, 1.807) is 0 Å². The number of aryl methyl sites for hydroxylation is 4. The molecule has 0 saturated carbocycles. The summed E-state index contributed by atoms with van der Waals surface area (Å²) in [5, 5.41) is 5.67. The van der Waals surface area contributed by atoms with E-state index in [9.17, 15) is 0 Å². The zero-order valence-electron chi connectivity index (χ0n) is 26.3. The predicted molar refractivity (Wildman–Crippen MR) is 176 cm³/mol. The molecule has 0 aliphatic heterocycles. The van der Waals surface area contributed by atoms with E-state index >= 15 is 0 Å². The second kappa shape index (κ2) is 10.2. The molecular formula is C40H46. The first kappa shape index (κ1) is 28.2. The maximum atomic E-state index is 2.45. The summed E-state index contributed by atoms with van der Waals surface area (Å²) in [6, 6.07) is 27.9. The minimum absolute atomic E-state index is 0.00248. The molecule has 0 N–H and O–H groups in total. The summed E-state index contributed by atoms with van der Waals surface area (Å²) in [6.07, 6.45) is 1.87. The second-order valence-corrected chi connectivity index (χ2v) is 14.1. The van der Waals surface area contributed by atoms with Gasteiger partial charge in [0.05, 0.1) is 0 Å². The minimum atomic E-state index is -0.00248. The van der Waals surface area contributed by atoms with Gasteiger partial charge in [-0.05, 0) is 117 Å². The van der Waals surface area contributed by atoms with Gasteiger partial charge >= 0.3 is 0 Å². The van der Waals surface area contributed by atoms with Crippen LogP contribution in [0, 0.1) is 27.7 Å². The molecule has 0 heteroatoms. The lowest BCUT2D eigenvalue weighted by Crippen LogP contribution is -2.23. The Morgan fingerprint density at radius 3 is 1.50 bits per heavy atom. The average Bonchev–Trinajstić information content (AvgIpc) is 2.88. The van der Waals surface area contributed by atoms with Gasteiger partial charge in [-0.25, -0.2) is 0 Å². The monoisotopic (exact) mass is 526 g/mol. The van der Waals surface area contributed by atoms with Crippen LogP contribution >= 0.6 is 0 Å². The summed E-state index contributed by atoms with van der Waals surface area (Å²) in [7, 11) is 0. The van der Waals surface area contributed by atoms with Gasteiger partial charge in [0.2, 0.25) is 0 Å². The normalized spacial score (nSPS) is 12.4. The first-order valence-corrected chi connectivity index (χ1v) is 14.9. The van der Waals surface area contributed by atoms with Crippen molar-refractivity contribution < 1.29 is 0 Å². The Bertz CT molecular complexity index is 1730. The molecule has 0 amide bonds. The van der Waals surface area contributed by atoms with E-state index in [1.165, 1.54) is 77.2 Å². The molecule has 0 saturated heterocycles. The topological polar surface area (TPSA) is 0 Å². The number of rotatable bonds is 4. The van der Waals surface area contributed by atoms with E-state index in [2.05, 4.69) is 142 Å². The molecule has 0 nitrogen and oxygen atoms in total. The molecule has 40 heavy (non-hydrogen) atoms. The molecular weight excluding hydrogens is 480 g/mol. The highest BCUT2D eigenvalue weighted by atomic mass is 14.3. The lowest BCUT2D eigenvalue weighted by atomic mass is 9.71. The predicted octanol–water partition coefficient (Wildman–Crippen LogP) is 11.0. The second-order valence-electron chi connectivity index (χ2n) is 14.1. The summed E-state index contributed by atoms with van der Waals surface area (Å²) in [5.74, 6) is 0. The van der Waals surface area contributed by atoms with Gasteiger partial charge in [0.1, 0.15) is 0 Å². The van der Waals surface area contributed by atoms with Crippen molar-refractivity contribution in [2.75, 3.05) is 0 Å². The fourth-order valence-electron chi connectivity index (χ4n) is 6.60. The van der Waals surface area contributed by atoms with Crippen LogP contribution in [-0.2, 0) is 23.7 Å². The molecule has 0 heterocycles. The maximum Gasteiger partial charge on any atom is -0.00106 e. The van der Waals surface area contributed by atoms with E-state index in [0.717, 1.165) is 12.8 Å². The standard InChI is InChI=1S/C40H46/c1-25-15-17-27(3)29(21-25)23-34-31-13-11-12-14-32(31)35(24-30-22-26(2)16-18-28(30)4)37-33(34)19-20-36(39(5,6)7)38(37)40(8,9)10/h11-22H,23-24H2,1-10H3. The quantitative estimate of drug-likeness (QED) is 0.204. The van der Waals surface area contributed by atoms with Crippen LogP contribution in [0.15, 0.2) is 72.8 Å². The zero-order valence-corrected chi connectivity index (χ0v) is 26.3. The summed E-state index contributed by atoms with van der Waals surface area (Å²) < 4.78 is 0. The Balaban J connectivity index is 1.97. The first-order valence-electron chi connectivity index (χ1n) is 14.9. The zero-order chi connectivity index (χ0) is 29.0. The smallest absolute Gasteiger partial charge is 0.00106 e. The molecule has 5 rings (SSSR count). The van der Waals surface area contributed by atoms with Crippen LogP contribution in [0.4, 0.5) is 0 Å². The van der Waals surface area contributed by atoms with E-state index in [0.29, 0.717) is 0 Å². The van der Waals surface area contributed by atoms with Crippen LogP contribution < -0.4 is 0 Å². The molecule has 5 aromatic carbocycles. The Morgan fingerprint density at radius 2 is 1.00 bits per heavy atom. The molecule has 0 fully saturated rings. The van der Waals surface area contributed by atoms with Gasteiger partial charge in [0.15, 0.2) is 0 Å². The molecule has 0 aromatic heterocycles. The summed E-state index contributed by atoms with van der Waals surface area (Å²) in [4.78, 5) is 0. The Kier molecular flexibility index (Phi) is 7.20. The molecule has 0 spiro atoms. The molecule has 206 valence electrons. The van der Waals surface area contributed by atoms with Gasteiger partial charge in [-0.1, -0.05) is 125 Å². The molecule has 5 aromatic rings. The van der Waals surface area contributed by atoms with E-state index in [4.69, 9.17) is 0 Å². The summed E-state index contributed by atoms with van der Waals surface area (Å²) in [5.41, 5.74) is 14.2. The molecule has 0 bridgehead atoms. The van der Waals surface area contributed by atoms with Crippen molar-refractivity contribution in [3.05, 3.63) is 128 Å². The van der Waals surface area contributed by atoms with E-state index < -0.39 is 0 Å². The highest BCUT2D eigenvalue weighted by molar-refractivity contribution is 6.08. The van der Waals surface area contributed by atoms with Crippen LogP contribution in [0.3, 0.4) is 0 Å². The molecule has 0 aliphatic carbocycles. The lowest BCUT2D eigenvalue weighted by molar-refractivity contribution is 0.534. The fraction of sp³-hybridized carbons (Fsp3) is 0.350. The van der Waals surface area contributed by atoms with Gasteiger partial charge in [-0.2, -0.15) is 0 Å². The van der Waals surface area contributed by atoms with Gasteiger partial charge in [0.25, 0.3) is 0 Å². The maximum absolute atomic E-state index is 2.45. The average molecular weight is 527 g/mol. The van der Waals surface area contributed by atoms with Gasteiger partial charge < -0.3 is 0 Å². The van der Waals surface area contributed by atoms with Crippen LogP contribution in [0.25, 0.3) is 21.5 Å². The van der Waals surface area contributed by atoms with Crippen molar-refractivity contribution in [3.63, 3.8) is 0 Å². The molecule has 0 unspecified atom stereocenters. The third kappa shape index (κ3) is 5.22. The van der Waals surface area contributed by atoms with Gasteiger partial charge in [-0.3, -0.25) is 0 Å². The van der Waals surface area contributed by atoms with E-state index in [-0.39, 0.29) is 10.8 Å². The number of fused-ring (bicyclic) bond motifs is 2. The van der Waals surface area contributed by atoms with Crippen molar-refractivity contribution in [3.8, 4) is 0 Å². The summed E-state index contributed by atoms with van der Waals surface area (Å²) >= 11 is 0. The highest BCUT2D eigenvalue weighted by Crippen LogP contribution is 2.45. The van der Waals surface area contributed by atoms with Crippen LogP contribution in [0.5, 0.6) is 0 Å². The first-order chi connectivity index (χ1) is 18.8. The Morgan fingerprint density at radius 1 is 0.500 bits per heavy atom. The third-order valence-corrected chi connectivity index (χ3v) is 8.71. The largest absolute Gasteiger partial charge is 0.0616 e. The van der Waals surface area contributed by atoms with Crippen molar-refractivity contribution >= 4 is 21.5 Å².